The number of H-pyrrole nitrogens is 1. The Balaban J connectivity index is 0.000000360. The number of carboxylic acids is 2. The lowest BCUT2D eigenvalue weighted by molar-refractivity contribution is -0.193. The molecule has 0 amide bonds. The van der Waals surface area contributed by atoms with E-state index in [-0.39, 0.29) is 10.7 Å². The summed E-state index contributed by atoms with van der Waals surface area (Å²) in [6.45, 7) is 3.14. The number of carboxylic acid groups (broad SMARTS) is 2. The van der Waals surface area contributed by atoms with Gasteiger partial charge in [-0.25, -0.2) is 28.0 Å². The summed E-state index contributed by atoms with van der Waals surface area (Å²) in [5, 5.41) is 22.0. The molecule has 1 fully saturated rings. The zero-order valence-electron chi connectivity index (χ0n) is 23.9. The number of hydrogen-bond acceptors (Lipinski definition) is 9. The number of alkyl halides is 6. The van der Waals surface area contributed by atoms with Gasteiger partial charge in [-0.1, -0.05) is 18.2 Å². The summed E-state index contributed by atoms with van der Waals surface area (Å²) in [6.07, 6.45) is -5.04. The van der Waals surface area contributed by atoms with Crippen molar-refractivity contribution >= 4 is 44.5 Å². The summed E-state index contributed by atoms with van der Waals surface area (Å²) in [4.78, 5) is 40.5. The largest absolute Gasteiger partial charge is 0.490 e. The first kappa shape index (κ1) is 36.4. The predicted molar refractivity (Wildman–Crippen MR) is 152 cm³/mol. The standard InChI is InChI=1S/C23H22N6O3S.2C2HF3O2/c1-16(30)17-2-5-20(6-3-17)33(31,32)29-10-8-28(9-11-29)23-21-12-18(19-13-26-27-14-19)4-7-22(21)24-15-25-23;2*3-2(4,5)1(6)7/h2-7,12-15H,8-11H2,1H3,(H,26,27);2*(H,6,7). The van der Waals surface area contributed by atoms with Crippen molar-refractivity contribution in [1.82, 2.24) is 24.5 Å². The topological polar surface area (TPSA) is 187 Å². The molecule has 1 aliphatic heterocycles. The van der Waals surface area contributed by atoms with Gasteiger partial charge in [0.2, 0.25) is 10.0 Å². The van der Waals surface area contributed by atoms with E-state index in [1.54, 1.807) is 18.3 Å². The number of rotatable bonds is 5. The molecule has 4 aromatic rings. The molecule has 2 aromatic carbocycles. The third-order valence-electron chi connectivity index (χ3n) is 6.37. The molecule has 1 saturated heterocycles. The van der Waals surface area contributed by atoms with Crippen molar-refractivity contribution in [3.63, 3.8) is 0 Å². The number of aromatic nitrogens is 4. The fourth-order valence-corrected chi connectivity index (χ4v) is 5.46. The maximum absolute atomic E-state index is 13.1. The number of piperazine rings is 1. The van der Waals surface area contributed by atoms with Crippen LogP contribution in [0.5, 0.6) is 0 Å². The number of benzene rings is 2. The molecule has 0 bridgehead atoms. The van der Waals surface area contributed by atoms with Gasteiger partial charge in [0.25, 0.3) is 0 Å². The van der Waals surface area contributed by atoms with E-state index >= 15 is 0 Å². The van der Waals surface area contributed by atoms with Crippen molar-refractivity contribution < 1.29 is 59.4 Å². The SMILES string of the molecule is CC(=O)c1ccc(S(=O)(=O)N2CCN(c3ncnc4ccc(-c5cn[nH]c5)cc34)CC2)cc1.O=C(O)C(F)(F)F.O=C(O)C(F)(F)F. The highest BCUT2D eigenvalue weighted by Gasteiger charge is 2.39. The summed E-state index contributed by atoms with van der Waals surface area (Å²) in [6, 6.07) is 12.1. The molecule has 0 aliphatic carbocycles. The number of anilines is 1. The number of ketones is 1. The van der Waals surface area contributed by atoms with Gasteiger partial charge in [0.15, 0.2) is 5.78 Å². The smallest absolute Gasteiger partial charge is 0.475 e. The number of halogens is 6. The summed E-state index contributed by atoms with van der Waals surface area (Å²) in [5.74, 6) is -4.83. The zero-order valence-corrected chi connectivity index (χ0v) is 24.8. The normalized spacial score (nSPS) is 14.0. The number of nitrogens with zero attached hydrogens (tertiary/aromatic N) is 5. The van der Waals surface area contributed by atoms with E-state index in [4.69, 9.17) is 19.8 Å². The van der Waals surface area contributed by atoms with Gasteiger partial charge in [0.1, 0.15) is 12.1 Å². The molecule has 0 saturated carbocycles. The zero-order chi connectivity index (χ0) is 35.2. The van der Waals surface area contributed by atoms with Gasteiger partial charge in [-0.15, -0.1) is 0 Å². The molecule has 0 atom stereocenters. The number of sulfonamides is 1. The second-order valence-electron chi connectivity index (χ2n) is 9.49. The Morgan fingerprint density at radius 1 is 0.830 bits per heavy atom. The number of Topliss-reactive ketones (excluding diaryl/α,β-unsaturated/α-hetero) is 1. The molecule has 3 heterocycles. The van der Waals surface area contributed by atoms with Crippen molar-refractivity contribution in [2.45, 2.75) is 24.2 Å². The lowest BCUT2D eigenvalue weighted by Crippen LogP contribution is -2.49. The van der Waals surface area contributed by atoms with Crippen LogP contribution in [0.15, 0.2) is 66.1 Å². The van der Waals surface area contributed by atoms with Crippen molar-refractivity contribution in [1.29, 1.82) is 0 Å². The first-order chi connectivity index (χ1) is 21.8. The third kappa shape index (κ3) is 9.45. The minimum atomic E-state index is -5.08. The lowest BCUT2D eigenvalue weighted by Gasteiger charge is -2.35. The minimum Gasteiger partial charge on any atom is -0.475 e. The Kier molecular flexibility index (Phi) is 11.2. The number of carbonyl (C=O) groups excluding carboxylic acids is 1. The van der Waals surface area contributed by atoms with Gasteiger partial charge < -0.3 is 15.1 Å². The number of carbonyl (C=O) groups is 3. The molecule has 47 heavy (non-hydrogen) atoms. The van der Waals surface area contributed by atoms with Crippen LogP contribution in [0.2, 0.25) is 0 Å². The average molecular weight is 691 g/mol. The monoisotopic (exact) mass is 690 g/mol. The van der Waals surface area contributed by atoms with Crippen LogP contribution in [-0.2, 0) is 19.6 Å². The summed E-state index contributed by atoms with van der Waals surface area (Å²) in [5.41, 5.74) is 3.29. The average Bonchev–Trinajstić information content (AvgIpc) is 3.56. The first-order valence-corrected chi connectivity index (χ1v) is 14.5. The Hall–Kier alpha value is -5.11. The number of aromatic amines is 1. The molecule has 2 aromatic heterocycles. The Labute approximate surface area is 261 Å². The first-order valence-electron chi connectivity index (χ1n) is 13.0. The fraction of sp³-hybridized carbons (Fsp3) is 0.259. The van der Waals surface area contributed by atoms with Crippen molar-refractivity contribution in [3.05, 3.63) is 66.7 Å². The number of nitrogens with one attached hydrogen (secondary N) is 1. The summed E-state index contributed by atoms with van der Waals surface area (Å²) in [7, 11) is -3.64. The van der Waals surface area contributed by atoms with E-state index in [2.05, 4.69) is 25.1 Å². The molecule has 0 unspecified atom stereocenters. The predicted octanol–water partition coefficient (Wildman–Crippen LogP) is 4.00. The molecular weight excluding hydrogens is 666 g/mol. The Morgan fingerprint density at radius 2 is 1.38 bits per heavy atom. The molecule has 5 rings (SSSR count). The van der Waals surface area contributed by atoms with Gasteiger partial charge in [-0.3, -0.25) is 9.89 Å². The summed E-state index contributed by atoms with van der Waals surface area (Å²) < 4.78 is 91.1. The Morgan fingerprint density at radius 3 is 1.85 bits per heavy atom. The van der Waals surface area contributed by atoms with Gasteiger partial charge in [0, 0.05) is 48.9 Å². The van der Waals surface area contributed by atoms with Gasteiger partial charge in [0.05, 0.1) is 16.6 Å². The van der Waals surface area contributed by atoms with Crippen LogP contribution in [0, 0.1) is 0 Å². The minimum absolute atomic E-state index is 0.0967. The molecule has 13 nitrogen and oxygen atoms in total. The molecule has 0 radical (unpaired) electrons. The fourth-order valence-electron chi connectivity index (χ4n) is 4.03. The molecule has 0 spiro atoms. The third-order valence-corrected chi connectivity index (χ3v) is 8.28. The van der Waals surface area contributed by atoms with Crippen LogP contribution < -0.4 is 4.90 Å². The van der Waals surface area contributed by atoms with E-state index in [1.807, 2.05) is 24.4 Å². The van der Waals surface area contributed by atoms with Gasteiger partial charge in [-0.05, 0) is 36.8 Å². The van der Waals surface area contributed by atoms with Crippen LogP contribution in [0.1, 0.15) is 17.3 Å². The van der Waals surface area contributed by atoms with Crippen LogP contribution in [0.3, 0.4) is 0 Å². The van der Waals surface area contributed by atoms with Gasteiger partial charge in [-0.2, -0.15) is 35.7 Å². The van der Waals surface area contributed by atoms with Crippen LogP contribution >= 0.6 is 0 Å². The van der Waals surface area contributed by atoms with E-state index < -0.39 is 34.3 Å². The van der Waals surface area contributed by atoms with E-state index in [0.29, 0.717) is 31.7 Å². The molecule has 20 heteroatoms. The van der Waals surface area contributed by atoms with Crippen molar-refractivity contribution in [3.8, 4) is 11.1 Å². The van der Waals surface area contributed by atoms with Crippen molar-refractivity contribution in [2.24, 2.45) is 0 Å². The highest BCUT2D eigenvalue weighted by Crippen LogP contribution is 2.29. The van der Waals surface area contributed by atoms with Gasteiger partial charge >= 0.3 is 24.3 Å². The van der Waals surface area contributed by atoms with Crippen LogP contribution in [-0.4, -0.2) is 99.4 Å². The van der Waals surface area contributed by atoms with Crippen LogP contribution in [0.25, 0.3) is 22.0 Å². The highest BCUT2D eigenvalue weighted by molar-refractivity contribution is 7.89. The highest BCUT2D eigenvalue weighted by atomic mass is 32.2. The molecular formula is C27H24F6N6O7S. The Bertz CT molecular complexity index is 1800. The molecule has 3 N–H and O–H groups in total. The van der Waals surface area contributed by atoms with E-state index in [1.165, 1.54) is 29.7 Å². The number of aliphatic carboxylic acids is 2. The van der Waals surface area contributed by atoms with Crippen molar-refractivity contribution in [2.75, 3.05) is 31.1 Å². The quantitative estimate of drug-likeness (QED) is 0.203. The second-order valence-corrected chi connectivity index (χ2v) is 11.4. The number of hydrogen-bond donors (Lipinski definition) is 3. The summed E-state index contributed by atoms with van der Waals surface area (Å²) >= 11 is 0. The number of fused-ring (bicyclic) bond motifs is 1. The maximum Gasteiger partial charge on any atom is 0.490 e. The molecule has 1 aliphatic rings. The van der Waals surface area contributed by atoms with E-state index in [9.17, 15) is 39.6 Å². The molecule has 252 valence electrons. The van der Waals surface area contributed by atoms with Crippen LogP contribution in [0.4, 0.5) is 32.2 Å². The maximum atomic E-state index is 13.1. The second kappa shape index (κ2) is 14.5. The lowest BCUT2D eigenvalue weighted by atomic mass is 10.1. The van der Waals surface area contributed by atoms with E-state index in [0.717, 1.165) is 27.8 Å².